The lowest BCUT2D eigenvalue weighted by Crippen LogP contribution is -2.38. The van der Waals surface area contributed by atoms with Crippen LogP contribution in [0.2, 0.25) is 0 Å². The number of benzene rings is 1. The van der Waals surface area contributed by atoms with Gasteiger partial charge in [0.1, 0.15) is 11.4 Å². The van der Waals surface area contributed by atoms with Gasteiger partial charge in [-0.2, -0.15) is 0 Å². The summed E-state index contributed by atoms with van der Waals surface area (Å²) in [6, 6.07) is 11.5. The van der Waals surface area contributed by atoms with E-state index in [0.717, 1.165) is 10.4 Å². The second-order valence-electron chi connectivity index (χ2n) is 7.14. The van der Waals surface area contributed by atoms with Crippen LogP contribution in [0.15, 0.2) is 47.5 Å². The molecule has 0 radical (unpaired) electrons. The van der Waals surface area contributed by atoms with Crippen molar-refractivity contribution in [3.05, 3.63) is 53.1 Å². The first-order valence-corrected chi connectivity index (χ1v) is 10.2. The van der Waals surface area contributed by atoms with Crippen molar-refractivity contribution in [2.24, 2.45) is 5.92 Å². The van der Waals surface area contributed by atoms with Crippen LogP contribution in [0.5, 0.6) is 0 Å². The van der Waals surface area contributed by atoms with Gasteiger partial charge in [0.2, 0.25) is 0 Å². The number of hydrogen-bond donors (Lipinski definition) is 1. The number of nitrogens with one attached hydrogen (secondary N) is 1. The van der Waals surface area contributed by atoms with Crippen LogP contribution in [0.3, 0.4) is 0 Å². The molecule has 7 nitrogen and oxygen atoms in total. The van der Waals surface area contributed by atoms with Crippen LogP contribution < -0.4 is 10.9 Å². The Morgan fingerprint density at radius 1 is 1.21 bits per heavy atom. The molecule has 2 aromatic heterocycles. The SMILES string of the molecule is CC(C)CNC(=O)[C@H](C)OC(=O)Cn1cnc2sc(-c3ccccc3)cc2c1=O. The molecule has 0 aliphatic carbocycles. The molecule has 1 N–H and O–H groups in total. The van der Waals surface area contributed by atoms with Crippen molar-refractivity contribution in [2.75, 3.05) is 6.54 Å². The van der Waals surface area contributed by atoms with Gasteiger partial charge in [0.05, 0.1) is 11.7 Å². The number of esters is 1. The average molecular weight is 413 g/mol. The fourth-order valence-corrected chi connectivity index (χ4v) is 3.69. The minimum Gasteiger partial charge on any atom is -0.451 e. The summed E-state index contributed by atoms with van der Waals surface area (Å²) in [7, 11) is 0. The molecule has 1 aromatic carbocycles. The summed E-state index contributed by atoms with van der Waals surface area (Å²) in [6.07, 6.45) is 0.403. The Morgan fingerprint density at radius 3 is 2.62 bits per heavy atom. The zero-order valence-electron chi connectivity index (χ0n) is 16.5. The number of carbonyl (C=O) groups excluding carboxylic acids is 2. The fraction of sp³-hybridized carbons (Fsp3) is 0.333. The van der Waals surface area contributed by atoms with Crippen LogP contribution >= 0.6 is 11.3 Å². The largest absolute Gasteiger partial charge is 0.451 e. The number of amides is 1. The molecule has 29 heavy (non-hydrogen) atoms. The Morgan fingerprint density at radius 2 is 1.93 bits per heavy atom. The molecule has 3 rings (SSSR count). The third kappa shape index (κ3) is 5.08. The number of ether oxygens (including phenoxy) is 1. The Kier molecular flexibility index (Phi) is 6.43. The lowest BCUT2D eigenvalue weighted by Gasteiger charge is -2.14. The molecule has 0 spiro atoms. The van der Waals surface area contributed by atoms with Gasteiger partial charge in [-0.05, 0) is 24.5 Å². The van der Waals surface area contributed by atoms with Crippen LogP contribution in [-0.2, 0) is 20.9 Å². The van der Waals surface area contributed by atoms with Gasteiger partial charge in [-0.3, -0.25) is 19.0 Å². The normalized spacial score (nSPS) is 12.1. The monoisotopic (exact) mass is 413 g/mol. The summed E-state index contributed by atoms with van der Waals surface area (Å²) < 4.78 is 6.35. The second-order valence-corrected chi connectivity index (χ2v) is 8.17. The minimum absolute atomic E-state index is 0.296. The van der Waals surface area contributed by atoms with Gasteiger partial charge in [0.15, 0.2) is 6.10 Å². The average Bonchev–Trinajstić information content (AvgIpc) is 3.14. The zero-order valence-corrected chi connectivity index (χ0v) is 17.4. The van der Waals surface area contributed by atoms with E-state index in [9.17, 15) is 14.4 Å². The molecular formula is C21H23N3O4S. The molecule has 1 amide bonds. The first-order valence-electron chi connectivity index (χ1n) is 9.36. The van der Waals surface area contributed by atoms with Crippen molar-refractivity contribution < 1.29 is 14.3 Å². The quantitative estimate of drug-likeness (QED) is 0.602. The Bertz CT molecular complexity index is 1070. The first-order chi connectivity index (χ1) is 13.8. The predicted octanol–water partition coefficient (Wildman–Crippen LogP) is 2.83. The molecule has 0 unspecified atom stereocenters. The van der Waals surface area contributed by atoms with E-state index in [4.69, 9.17) is 4.74 Å². The maximum Gasteiger partial charge on any atom is 0.326 e. The highest BCUT2D eigenvalue weighted by molar-refractivity contribution is 7.21. The van der Waals surface area contributed by atoms with Crippen LogP contribution in [-0.4, -0.2) is 34.1 Å². The second kappa shape index (κ2) is 9.00. The summed E-state index contributed by atoms with van der Waals surface area (Å²) in [5.74, 6) is -0.734. The summed E-state index contributed by atoms with van der Waals surface area (Å²) in [6.45, 7) is 5.64. The topological polar surface area (TPSA) is 90.3 Å². The zero-order chi connectivity index (χ0) is 21.0. The van der Waals surface area contributed by atoms with Crippen LogP contribution in [0.4, 0.5) is 0 Å². The summed E-state index contributed by atoms with van der Waals surface area (Å²) in [5, 5.41) is 3.16. The van der Waals surface area contributed by atoms with Crippen molar-refractivity contribution in [2.45, 2.75) is 33.4 Å². The van der Waals surface area contributed by atoms with E-state index < -0.39 is 12.1 Å². The third-order valence-corrected chi connectivity index (χ3v) is 5.33. The van der Waals surface area contributed by atoms with Crippen LogP contribution in [0.25, 0.3) is 20.7 Å². The summed E-state index contributed by atoms with van der Waals surface area (Å²) >= 11 is 1.42. The van der Waals surface area contributed by atoms with E-state index in [1.807, 2.05) is 44.2 Å². The van der Waals surface area contributed by atoms with Crippen molar-refractivity contribution in [1.29, 1.82) is 0 Å². The number of fused-ring (bicyclic) bond motifs is 1. The van der Waals surface area contributed by atoms with Gasteiger partial charge in [-0.15, -0.1) is 11.3 Å². The first kappa shape index (κ1) is 20.7. The molecule has 2 heterocycles. The van der Waals surface area contributed by atoms with Crippen LogP contribution in [0.1, 0.15) is 20.8 Å². The maximum atomic E-state index is 12.7. The highest BCUT2D eigenvalue weighted by Crippen LogP contribution is 2.30. The summed E-state index contributed by atoms with van der Waals surface area (Å²) in [4.78, 5) is 42.7. The Labute approximate surface area is 172 Å². The molecule has 0 aliphatic rings. The highest BCUT2D eigenvalue weighted by Gasteiger charge is 2.19. The minimum atomic E-state index is -0.931. The van der Waals surface area contributed by atoms with Gasteiger partial charge in [-0.25, -0.2) is 4.98 Å². The van der Waals surface area contributed by atoms with E-state index in [1.165, 1.54) is 29.2 Å². The van der Waals surface area contributed by atoms with Crippen molar-refractivity contribution in [3.63, 3.8) is 0 Å². The number of rotatable bonds is 7. The molecule has 0 aliphatic heterocycles. The molecule has 1 atom stereocenters. The lowest BCUT2D eigenvalue weighted by molar-refractivity contribution is -0.155. The summed E-state index contributed by atoms with van der Waals surface area (Å²) in [5.41, 5.74) is 0.685. The van der Waals surface area contributed by atoms with Gasteiger partial charge >= 0.3 is 5.97 Å². The number of nitrogens with zero attached hydrogens (tertiary/aromatic N) is 2. The van der Waals surface area contributed by atoms with Gasteiger partial charge < -0.3 is 10.1 Å². The van der Waals surface area contributed by atoms with Gasteiger partial charge in [0, 0.05) is 11.4 Å². The van der Waals surface area contributed by atoms with E-state index in [2.05, 4.69) is 10.3 Å². The highest BCUT2D eigenvalue weighted by atomic mass is 32.1. The van der Waals surface area contributed by atoms with Gasteiger partial charge in [-0.1, -0.05) is 44.2 Å². The van der Waals surface area contributed by atoms with Crippen LogP contribution in [0, 0.1) is 5.92 Å². The number of hydrogen-bond acceptors (Lipinski definition) is 6. The number of aromatic nitrogens is 2. The smallest absolute Gasteiger partial charge is 0.326 e. The molecule has 3 aromatic rings. The van der Waals surface area contributed by atoms with E-state index in [0.29, 0.717) is 22.7 Å². The number of thiophene rings is 1. The molecule has 0 saturated heterocycles. The number of carbonyl (C=O) groups is 2. The van der Waals surface area contributed by atoms with Crippen molar-refractivity contribution >= 4 is 33.4 Å². The molecular weight excluding hydrogens is 390 g/mol. The Hall–Kier alpha value is -3.00. The molecule has 0 fully saturated rings. The maximum absolute atomic E-state index is 12.7. The van der Waals surface area contributed by atoms with E-state index in [1.54, 1.807) is 6.07 Å². The predicted molar refractivity (Wildman–Crippen MR) is 113 cm³/mol. The third-order valence-electron chi connectivity index (χ3n) is 4.24. The standard InChI is InChI=1S/C21H23N3O4S/c1-13(2)10-22-19(26)14(3)28-18(25)11-24-12-23-20-16(21(24)27)9-17(29-20)15-7-5-4-6-8-15/h4-9,12-14H,10-11H2,1-3H3,(H,22,26)/t14-/m0/s1. The lowest BCUT2D eigenvalue weighted by atomic mass is 10.2. The van der Waals surface area contributed by atoms with Crippen molar-refractivity contribution in [3.8, 4) is 10.4 Å². The molecule has 0 bridgehead atoms. The van der Waals surface area contributed by atoms with E-state index >= 15 is 0 Å². The molecule has 152 valence electrons. The van der Waals surface area contributed by atoms with E-state index in [-0.39, 0.29) is 18.0 Å². The Balaban J connectivity index is 1.72. The fourth-order valence-electron chi connectivity index (χ4n) is 2.69. The van der Waals surface area contributed by atoms with Crippen molar-refractivity contribution in [1.82, 2.24) is 14.9 Å². The molecule has 0 saturated carbocycles. The van der Waals surface area contributed by atoms with Gasteiger partial charge in [0.25, 0.3) is 11.5 Å². The molecule has 8 heteroatoms.